The number of terminal acetylenes is 1. The highest BCUT2D eigenvalue weighted by Crippen LogP contribution is 2.26. The number of urea groups is 1. The molecule has 0 aromatic heterocycles. The molecule has 15 heteroatoms. The van der Waals surface area contributed by atoms with Gasteiger partial charge >= 0.3 is 21.6 Å². The number of amides is 2. The number of halogens is 3. The van der Waals surface area contributed by atoms with Gasteiger partial charge in [0.25, 0.3) is 0 Å². The number of ether oxygens (including phenoxy) is 2. The molecule has 2 amide bonds. The van der Waals surface area contributed by atoms with Gasteiger partial charge in [-0.3, -0.25) is 0 Å². The van der Waals surface area contributed by atoms with Crippen molar-refractivity contribution < 1.29 is 51.2 Å². The molecule has 0 spiro atoms. The second-order valence-corrected chi connectivity index (χ2v) is 9.26. The summed E-state index contributed by atoms with van der Waals surface area (Å²) in [4.78, 5) is 11.9. The highest BCUT2D eigenvalue weighted by molar-refractivity contribution is 7.90. The average Bonchev–Trinajstić information content (AvgIpc) is 2.79. The summed E-state index contributed by atoms with van der Waals surface area (Å²) in [5.74, 6) is 2.57. The first kappa shape index (κ1) is 28.6. The number of carbonyl (C=O) groups excluding carboxylic acids is 1. The van der Waals surface area contributed by atoms with Crippen LogP contribution in [0.25, 0.3) is 0 Å². The zero-order valence-corrected chi connectivity index (χ0v) is 19.1. The van der Waals surface area contributed by atoms with Crippen molar-refractivity contribution in [1.82, 2.24) is 10.0 Å². The van der Waals surface area contributed by atoms with E-state index in [1.54, 1.807) is 0 Å². The number of hydrogen-bond acceptors (Lipinski definition) is 8. The Morgan fingerprint density at radius 3 is 2.37 bits per heavy atom. The molecular weight excluding hydrogens is 499 g/mol. The van der Waals surface area contributed by atoms with Gasteiger partial charge in [0.2, 0.25) is 6.29 Å². The minimum Gasteiger partial charge on any atom is -0.462 e. The number of hydrogen-bond donors (Lipinski definition) is 6. The van der Waals surface area contributed by atoms with Gasteiger partial charge < -0.3 is 35.4 Å². The number of alkyl halides is 3. The Balaban J connectivity index is 1.93. The normalized spacial score (nSPS) is 24.9. The first-order valence-corrected chi connectivity index (χ1v) is 11.8. The fourth-order valence-electron chi connectivity index (χ4n) is 2.94. The van der Waals surface area contributed by atoms with Crippen LogP contribution in [0.2, 0.25) is 0 Å². The van der Waals surface area contributed by atoms with Gasteiger partial charge in [-0.1, -0.05) is 0 Å². The summed E-state index contributed by atoms with van der Waals surface area (Å²) in [5.41, 5.74) is -5.20. The van der Waals surface area contributed by atoms with Crippen molar-refractivity contribution in [2.45, 2.75) is 55.5 Å². The number of rotatable bonds is 10. The van der Waals surface area contributed by atoms with Crippen LogP contribution in [-0.2, 0) is 14.8 Å². The number of nitrogens with one attached hydrogen (secondary N) is 3. The molecule has 0 saturated carbocycles. The summed E-state index contributed by atoms with van der Waals surface area (Å²) >= 11 is 0. The van der Waals surface area contributed by atoms with Gasteiger partial charge in [-0.25, -0.2) is 17.9 Å². The molecule has 1 aliphatic heterocycles. The van der Waals surface area contributed by atoms with E-state index in [9.17, 15) is 41.7 Å². The van der Waals surface area contributed by atoms with Crippen LogP contribution in [0.5, 0.6) is 5.75 Å². The van der Waals surface area contributed by atoms with E-state index < -0.39 is 58.8 Å². The fourth-order valence-corrected chi connectivity index (χ4v) is 3.48. The number of anilines is 1. The molecule has 2 rings (SSSR count). The van der Waals surface area contributed by atoms with Crippen molar-refractivity contribution >= 4 is 21.7 Å². The van der Waals surface area contributed by atoms with Crippen LogP contribution >= 0.6 is 0 Å². The molecule has 0 unspecified atom stereocenters. The summed E-state index contributed by atoms with van der Waals surface area (Å²) in [6.07, 6.45) is -1.68. The number of unbranched alkanes of at least 4 members (excludes halogenated alkanes) is 2. The average molecular weight is 526 g/mol. The Morgan fingerprint density at radius 2 is 1.77 bits per heavy atom. The molecule has 1 aromatic carbocycles. The third-order valence-corrected chi connectivity index (χ3v) is 6.00. The summed E-state index contributed by atoms with van der Waals surface area (Å²) in [7, 11) is -5.73. The van der Waals surface area contributed by atoms with Crippen molar-refractivity contribution in [2.75, 3.05) is 18.4 Å². The quantitative estimate of drug-likeness (QED) is 0.187. The van der Waals surface area contributed by atoms with Gasteiger partial charge in [0.1, 0.15) is 30.2 Å². The third kappa shape index (κ3) is 8.23. The SMILES string of the molecule is C#CCCCCNC(=O)Nc1ccc(O[C@H]2O[C@H](CNS(=O)(=O)C(F)(F)F)[C@@H](O)[C@H](O)[C@@H]2O)cc1. The van der Waals surface area contributed by atoms with Gasteiger partial charge in [0.15, 0.2) is 0 Å². The number of carbonyl (C=O) groups is 1. The Hall–Kier alpha value is -2.61. The summed E-state index contributed by atoms with van der Waals surface area (Å²) in [5, 5.41) is 35.3. The minimum atomic E-state index is -5.73. The highest BCUT2D eigenvalue weighted by atomic mass is 32.2. The molecule has 0 aliphatic carbocycles. The maximum atomic E-state index is 12.5. The van der Waals surface area contributed by atoms with Crippen LogP contribution in [0.15, 0.2) is 24.3 Å². The Morgan fingerprint density at radius 1 is 1.11 bits per heavy atom. The Kier molecular flexibility index (Phi) is 10.1. The number of aliphatic hydroxyl groups excluding tert-OH is 3. The van der Waals surface area contributed by atoms with Crippen LogP contribution in [0.3, 0.4) is 0 Å². The van der Waals surface area contributed by atoms with Gasteiger partial charge in [0.05, 0.1) is 0 Å². The largest absolute Gasteiger partial charge is 0.511 e. The molecule has 196 valence electrons. The lowest BCUT2D eigenvalue weighted by Gasteiger charge is -2.40. The van der Waals surface area contributed by atoms with Crippen molar-refractivity contribution in [3.63, 3.8) is 0 Å². The van der Waals surface area contributed by atoms with Crippen molar-refractivity contribution in [1.29, 1.82) is 0 Å². The standard InChI is InChI=1S/C20H26F3N3O8S/c1-2-3-4-5-10-24-19(30)26-12-6-8-13(9-7-12)33-18-17(29)16(28)15(27)14(34-18)11-25-35(31,32)20(21,22)23/h1,6-9,14-18,25,27-29H,3-5,10-11H2,(H2,24,26,30)/t14-,15-,16+,17+,18+/m1/s1. The van der Waals surface area contributed by atoms with Crippen molar-refractivity contribution in [3.05, 3.63) is 24.3 Å². The van der Waals surface area contributed by atoms with Gasteiger partial charge in [-0.2, -0.15) is 13.2 Å². The Bertz CT molecular complexity index is 985. The molecule has 1 aromatic rings. The molecule has 1 fully saturated rings. The molecule has 1 saturated heterocycles. The number of benzene rings is 1. The van der Waals surface area contributed by atoms with E-state index in [1.807, 2.05) is 0 Å². The molecule has 11 nitrogen and oxygen atoms in total. The number of sulfonamides is 1. The van der Waals surface area contributed by atoms with E-state index in [4.69, 9.17) is 15.9 Å². The molecule has 5 atom stereocenters. The number of aliphatic hydroxyl groups is 3. The van der Waals surface area contributed by atoms with Crippen molar-refractivity contribution in [3.8, 4) is 18.1 Å². The molecule has 1 aliphatic rings. The Labute approximate surface area is 199 Å². The molecule has 1 heterocycles. The summed E-state index contributed by atoms with van der Waals surface area (Å²) in [6, 6.07) is 5.19. The lowest BCUT2D eigenvalue weighted by atomic mass is 9.99. The maximum Gasteiger partial charge on any atom is 0.511 e. The summed E-state index contributed by atoms with van der Waals surface area (Å²) < 4.78 is 71.7. The molecule has 0 radical (unpaired) electrons. The zero-order valence-electron chi connectivity index (χ0n) is 18.2. The van der Waals surface area contributed by atoms with E-state index in [2.05, 4.69) is 16.6 Å². The topological polar surface area (TPSA) is 166 Å². The molecular formula is C20H26F3N3O8S. The minimum absolute atomic E-state index is 0.0764. The van der Waals surface area contributed by atoms with E-state index in [0.717, 1.165) is 6.42 Å². The van der Waals surface area contributed by atoms with Crippen LogP contribution in [0.1, 0.15) is 19.3 Å². The highest BCUT2D eigenvalue weighted by Gasteiger charge is 2.49. The third-order valence-electron chi connectivity index (χ3n) is 4.85. The van der Waals surface area contributed by atoms with Gasteiger partial charge in [-0.15, -0.1) is 12.3 Å². The second kappa shape index (κ2) is 12.4. The van der Waals surface area contributed by atoms with E-state index in [0.29, 0.717) is 25.1 Å². The van der Waals surface area contributed by atoms with E-state index >= 15 is 0 Å². The van der Waals surface area contributed by atoms with Gasteiger partial charge in [-0.05, 0) is 37.1 Å². The fraction of sp³-hybridized carbons (Fsp3) is 0.550. The smallest absolute Gasteiger partial charge is 0.462 e. The second-order valence-electron chi connectivity index (χ2n) is 7.50. The molecule has 35 heavy (non-hydrogen) atoms. The van der Waals surface area contributed by atoms with Crippen molar-refractivity contribution in [2.24, 2.45) is 0 Å². The first-order chi connectivity index (χ1) is 16.4. The lowest BCUT2D eigenvalue weighted by molar-refractivity contribution is -0.270. The molecule has 6 N–H and O–H groups in total. The van der Waals surface area contributed by atoms with Crippen LogP contribution in [0.4, 0.5) is 23.7 Å². The zero-order chi connectivity index (χ0) is 26.2. The first-order valence-electron chi connectivity index (χ1n) is 10.4. The lowest BCUT2D eigenvalue weighted by Crippen LogP contribution is -2.61. The van der Waals surface area contributed by atoms with E-state index in [-0.39, 0.29) is 5.75 Å². The molecule has 0 bridgehead atoms. The van der Waals surface area contributed by atoms with Crippen LogP contribution in [-0.4, -0.2) is 79.1 Å². The maximum absolute atomic E-state index is 12.5. The predicted octanol–water partition coefficient (Wildman–Crippen LogP) is 0.237. The monoisotopic (exact) mass is 525 g/mol. The summed E-state index contributed by atoms with van der Waals surface area (Å²) in [6.45, 7) is -0.618. The van der Waals surface area contributed by atoms with Crippen LogP contribution in [0, 0.1) is 12.3 Å². The van der Waals surface area contributed by atoms with Gasteiger partial charge in [0, 0.05) is 25.2 Å². The van der Waals surface area contributed by atoms with Crippen LogP contribution < -0.4 is 20.1 Å². The predicted molar refractivity (Wildman–Crippen MR) is 116 cm³/mol. The van der Waals surface area contributed by atoms with E-state index in [1.165, 1.54) is 29.0 Å².